The zero-order valence-corrected chi connectivity index (χ0v) is 13.1. The van der Waals surface area contributed by atoms with Crippen molar-refractivity contribution in [3.05, 3.63) is 41.9 Å². The van der Waals surface area contributed by atoms with Gasteiger partial charge < -0.3 is 4.90 Å². The van der Waals surface area contributed by atoms with Crippen molar-refractivity contribution in [1.82, 2.24) is 9.88 Å². The van der Waals surface area contributed by atoms with Gasteiger partial charge in [-0.1, -0.05) is 13.8 Å². The fourth-order valence-electron chi connectivity index (χ4n) is 2.48. The molecule has 2 rings (SSSR count). The van der Waals surface area contributed by atoms with Gasteiger partial charge in [-0.25, -0.2) is 0 Å². The third kappa shape index (κ3) is 2.92. The summed E-state index contributed by atoms with van der Waals surface area (Å²) in [5.41, 5.74) is 1.57. The molecular formula is C17H24N2O. The summed E-state index contributed by atoms with van der Waals surface area (Å²) in [6, 6.07) is 3.57. The van der Waals surface area contributed by atoms with E-state index in [2.05, 4.69) is 50.7 Å². The van der Waals surface area contributed by atoms with E-state index < -0.39 is 0 Å². The molecule has 1 aromatic heterocycles. The molecule has 1 aliphatic rings. The number of ketones is 1. The molecule has 0 unspecified atom stereocenters. The van der Waals surface area contributed by atoms with Crippen molar-refractivity contribution < 1.29 is 4.79 Å². The van der Waals surface area contributed by atoms with Gasteiger partial charge >= 0.3 is 0 Å². The van der Waals surface area contributed by atoms with Crippen LogP contribution in [0.5, 0.6) is 0 Å². The van der Waals surface area contributed by atoms with Gasteiger partial charge in [-0.05, 0) is 44.7 Å². The van der Waals surface area contributed by atoms with Gasteiger partial charge in [0.1, 0.15) is 0 Å². The maximum absolute atomic E-state index is 12.8. The molecule has 0 radical (unpaired) electrons. The number of nitrogens with zero attached hydrogens (tertiary/aromatic N) is 2. The fourth-order valence-corrected chi connectivity index (χ4v) is 2.48. The summed E-state index contributed by atoms with van der Waals surface area (Å²) in [7, 11) is 0. The first-order chi connectivity index (χ1) is 9.22. The maximum Gasteiger partial charge on any atom is 0.191 e. The SMILES string of the molecule is CC1(C)CCN(C(C)(C)C)C=C1C(=O)c1ccncc1. The summed E-state index contributed by atoms with van der Waals surface area (Å²) in [5, 5.41) is 0. The van der Waals surface area contributed by atoms with E-state index in [4.69, 9.17) is 0 Å². The molecule has 1 aliphatic heterocycles. The van der Waals surface area contributed by atoms with Gasteiger partial charge in [0.05, 0.1) is 0 Å². The highest BCUT2D eigenvalue weighted by molar-refractivity contribution is 6.09. The normalized spacial score (nSPS) is 18.6. The molecule has 0 spiro atoms. The van der Waals surface area contributed by atoms with Gasteiger partial charge in [0.15, 0.2) is 5.78 Å². The van der Waals surface area contributed by atoms with Crippen LogP contribution in [0.4, 0.5) is 0 Å². The minimum Gasteiger partial charge on any atom is -0.372 e. The molecule has 0 N–H and O–H groups in total. The van der Waals surface area contributed by atoms with Gasteiger partial charge in [0.25, 0.3) is 0 Å². The number of rotatable bonds is 2. The number of hydrogen-bond donors (Lipinski definition) is 0. The molecule has 0 fully saturated rings. The Morgan fingerprint density at radius 2 is 1.85 bits per heavy atom. The Hall–Kier alpha value is -1.64. The maximum atomic E-state index is 12.8. The standard InChI is InChI=1S/C17H24N2O/c1-16(2,3)19-11-8-17(4,5)14(12-19)15(20)13-6-9-18-10-7-13/h6-7,9-10,12H,8,11H2,1-5H3. The molecule has 0 atom stereocenters. The molecule has 1 aromatic rings. The van der Waals surface area contributed by atoms with Gasteiger partial charge in [0.2, 0.25) is 0 Å². The monoisotopic (exact) mass is 272 g/mol. The van der Waals surface area contributed by atoms with Crippen LogP contribution in [0, 0.1) is 5.41 Å². The molecule has 2 heterocycles. The van der Waals surface area contributed by atoms with Crippen LogP contribution >= 0.6 is 0 Å². The second-order valence-corrected chi connectivity index (χ2v) is 7.11. The number of allylic oxidation sites excluding steroid dienone is 1. The van der Waals surface area contributed by atoms with Crippen molar-refractivity contribution in [2.24, 2.45) is 5.41 Å². The summed E-state index contributed by atoms with van der Waals surface area (Å²) in [6.07, 6.45) is 6.40. The third-order valence-corrected chi connectivity index (χ3v) is 4.04. The quantitative estimate of drug-likeness (QED) is 0.770. The first-order valence-electron chi connectivity index (χ1n) is 7.15. The average Bonchev–Trinajstić information content (AvgIpc) is 2.37. The van der Waals surface area contributed by atoms with Gasteiger partial charge in [-0.15, -0.1) is 0 Å². The van der Waals surface area contributed by atoms with E-state index >= 15 is 0 Å². The molecule has 0 bridgehead atoms. The number of Topliss-reactive ketones (excluding diaryl/α,β-unsaturated/α-hetero) is 1. The van der Waals surface area contributed by atoms with Gasteiger partial charge in [-0.3, -0.25) is 9.78 Å². The number of hydrogen-bond acceptors (Lipinski definition) is 3. The minimum atomic E-state index is -0.0812. The molecular weight excluding hydrogens is 248 g/mol. The lowest BCUT2D eigenvalue weighted by atomic mass is 9.75. The van der Waals surface area contributed by atoms with Crippen molar-refractivity contribution in [2.75, 3.05) is 6.54 Å². The van der Waals surface area contributed by atoms with Gasteiger partial charge in [-0.2, -0.15) is 0 Å². The lowest BCUT2D eigenvalue weighted by Crippen LogP contribution is -2.44. The lowest BCUT2D eigenvalue weighted by molar-refractivity contribution is 0.0964. The van der Waals surface area contributed by atoms with Gasteiger partial charge in [0, 0.05) is 41.8 Å². The largest absolute Gasteiger partial charge is 0.372 e. The Morgan fingerprint density at radius 3 is 2.40 bits per heavy atom. The predicted molar refractivity (Wildman–Crippen MR) is 81.5 cm³/mol. The molecule has 108 valence electrons. The molecule has 3 nitrogen and oxygen atoms in total. The smallest absolute Gasteiger partial charge is 0.191 e. The van der Waals surface area contributed by atoms with E-state index in [0.717, 1.165) is 24.1 Å². The number of aromatic nitrogens is 1. The number of pyridine rings is 1. The van der Waals surface area contributed by atoms with Crippen LogP contribution in [0.15, 0.2) is 36.3 Å². The first-order valence-corrected chi connectivity index (χ1v) is 7.15. The zero-order valence-electron chi connectivity index (χ0n) is 13.1. The topological polar surface area (TPSA) is 33.2 Å². The molecule has 0 aromatic carbocycles. The average molecular weight is 272 g/mol. The van der Waals surface area contributed by atoms with E-state index in [1.165, 1.54) is 0 Å². The Morgan fingerprint density at radius 1 is 1.25 bits per heavy atom. The van der Waals surface area contributed by atoms with Crippen molar-refractivity contribution in [1.29, 1.82) is 0 Å². The number of carbonyl (C=O) groups excluding carboxylic acids is 1. The second kappa shape index (κ2) is 5.04. The first kappa shape index (κ1) is 14.8. The van der Waals surface area contributed by atoms with Crippen LogP contribution < -0.4 is 0 Å². The van der Waals surface area contributed by atoms with Crippen LogP contribution in [0.1, 0.15) is 51.4 Å². The number of carbonyl (C=O) groups is 1. The van der Waals surface area contributed by atoms with E-state index in [1.54, 1.807) is 24.5 Å². The van der Waals surface area contributed by atoms with E-state index in [0.29, 0.717) is 0 Å². The predicted octanol–water partition coefficient (Wildman–Crippen LogP) is 3.68. The molecule has 0 saturated carbocycles. The molecule has 0 saturated heterocycles. The third-order valence-electron chi connectivity index (χ3n) is 4.04. The second-order valence-electron chi connectivity index (χ2n) is 7.11. The van der Waals surface area contributed by atoms with E-state index in [1.807, 2.05) is 0 Å². The summed E-state index contributed by atoms with van der Waals surface area (Å²) < 4.78 is 0. The Bertz CT molecular complexity index is 524. The van der Waals surface area contributed by atoms with Crippen molar-refractivity contribution in [2.45, 2.75) is 46.6 Å². The highest BCUT2D eigenvalue weighted by atomic mass is 16.1. The highest BCUT2D eigenvalue weighted by Crippen LogP contribution is 2.38. The Labute approximate surface area is 121 Å². The Balaban J connectivity index is 2.40. The van der Waals surface area contributed by atoms with Crippen molar-refractivity contribution in [3.8, 4) is 0 Å². The molecule has 3 heteroatoms. The lowest BCUT2D eigenvalue weighted by Gasteiger charge is -2.43. The summed E-state index contributed by atoms with van der Waals surface area (Å²) in [5.74, 6) is 0.117. The van der Waals surface area contributed by atoms with Crippen LogP contribution in [-0.2, 0) is 0 Å². The van der Waals surface area contributed by atoms with E-state index in [9.17, 15) is 4.79 Å². The van der Waals surface area contributed by atoms with Crippen molar-refractivity contribution in [3.63, 3.8) is 0 Å². The summed E-state index contributed by atoms with van der Waals surface area (Å²) in [4.78, 5) is 19.0. The van der Waals surface area contributed by atoms with E-state index in [-0.39, 0.29) is 16.7 Å². The van der Waals surface area contributed by atoms with Crippen LogP contribution in [0.2, 0.25) is 0 Å². The fraction of sp³-hybridized carbons (Fsp3) is 0.529. The Kier molecular flexibility index (Phi) is 3.72. The molecule has 0 aliphatic carbocycles. The van der Waals surface area contributed by atoms with Crippen LogP contribution in [0.3, 0.4) is 0 Å². The highest BCUT2D eigenvalue weighted by Gasteiger charge is 2.35. The summed E-state index contributed by atoms with van der Waals surface area (Å²) >= 11 is 0. The van der Waals surface area contributed by atoms with Crippen LogP contribution in [0.25, 0.3) is 0 Å². The minimum absolute atomic E-state index is 0.0419. The molecule has 20 heavy (non-hydrogen) atoms. The molecule has 0 amide bonds. The summed E-state index contributed by atoms with van der Waals surface area (Å²) in [6.45, 7) is 11.8. The zero-order chi connectivity index (χ0) is 15.0. The van der Waals surface area contributed by atoms with Crippen molar-refractivity contribution >= 4 is 5.78 Å². The van der Waals surface area contributed by atoms with Crippen LogP contribution in [-0.4, -0.2) is 27.8 Å².